The van der Waals surface area contributed by atoms with Crippen LogP contribution in [0.3, 0.4) is 0 Å². The molecule has 1 aromatic heterocycles. The lowest BCUT2D eigenvalue weighted by Gasteiger charge is -2.14. The van der Waals surface area contributed by atoms with Crippen molar-refractivity contribution < 1.29 is 19.1 Å². The van der Waals surface area contributed by atoms with E-state index in [4.69, 9.17) is 21.1 Å². The van der Waals surface area contributed by atoms with Crippen LogP contribution in [0.15, 0.2) is 65.8 Å². The molecule has 0 radical (unpaired) electrons. The molecule has 0 spiro atoms. The van der Waals surface area contributed by atoms with E-state index in [0.29, 0.717) is 29.3 Å². The molecule has 32 heavy (non-hydrogen) atoms. The van der Waals surface area contributed by atoms with Crippen molar-refractivity contribution in [2.75, 3.05) is 19.4 Å². The van der Waals surface area contributed by atoms with Crippen LogP contribution in [0.2, 0.25) is 5.02 Å². The molecule has 1 aliphatic heterocycles. The van der Waals surface area contributed by atoms with Crippen molar-refractivity contribution in [1.82, 2.24) is 10.3 Å². The van der Waals surface area contributed by atoms with E-state index >= 15 is 0 Å². The third-order valence-electron chi connectivity index (χ3n) is 5.03. The monoisotopic (exact) mass is 468 g/mol. The summed E-state index contributed by atoms with van der Waals surface area (Å²) in [5.41, 5.74) is 3.21. The first-order chi connectivity index (χ1) is 15.5. The minimum Gasteiger partial charge on any atom is -0.487 e. The Bertz CT molecular complexity index is 1120. The van der Waals surface area contributed by atoms with Crippen LogP contribution in [-0.2, 0) is 16.0 Å². The zero-order chi connectivity index (χ0) is 22.5. The predicted molar refractivity (Wildman–Crippen MR) is 124 cm³/mol. The number of aromatic nitrogens is 1. The molecule has 0 aliphatic carbocycles. The van der Waals surface area contributed by atoms with Crippen molar-refractivity contribution in [1.29, 1.82) is 0 Å². The van der Waals surface area contributed by atoms with E-state index in [2.05, 4.69) is 10.3 Å². The Morgan fingerprint density at radius 2 is 1.94 bits per heavy atom. The van der Waals surface area contributed by atoms with Crippen LogP contribution in [0, 0.1) is 0 Å². The first-order valence-electron chi connectivity index (χ1n) is 10.0. The van der Waals surface area contributed by atoms with E-state index in [9.17, 15) is 9.59 Å². The van der Waals surface area contributed by atoms with Crippen molar-refractivity contribution in [3.8, 4) is 16.9 Å². The number of nitrogens with one attached hydrogen (secondary N) is 1. The number of fused-ring (bicyclic) bond motifs is 1. The SMILES string of the molecule is COC(=O)c1ccc(-c2cc(Cl)cc3c2O[C@H](CNC(=O)CSc2ccncc2)C3)cc1. The van der Waals surface area contributed by atoms with Crippen molar-refractivity contribution in [3.63, 3.8) is 0 Å². The van der Waals surface area contributed by atoms with Crippen molar-refractivity contribution in [3.05, 3.63) is 77.1 Å². The van der Waals surface area contributed by atoms with E-state index in [0.717, 1.165) is 27.3 Å². The standard InChI is InChI=1S/C24H21ClN2O4S/c1-30-24(29)16-4-2-15(3-5-16)21-12-18(25)10-17-11-19(31-23(17)21)13-27-22(28)14-32-20-6-8-26-9-7-20/h2-10,12,19H,11,13-14H2,1H3,(H,27,28)/t19-/m0/s1. The molecule has 1 aliphatic rings. The summed E-state index contributed by atoms with van der Waals surface area (Å²) in [6.45, 7) is 0.406. The summed E-state index contributed by atoms with van der Waals surface area (Å²) in [7, 11) is 1.35. The number of nitrogens with zero attached hydrogens (tertiary/aromatic N) is 1. The number of amides is 1. The van der Waals surface area contributed by atoms with Crippen LogP contribution in [-0.4, -0.2) is 42.4 Å². The summed E-state index contributed by atoms with van der Waals surface area (Å²) in [5, 5.41) is 3.55. The second kappa shape index (κ2) is 10.1. The normalized spacial score (nSPS) is 14.4. The average Bonchev–Trinajstić information content (AvgIpc) is 3.24. The number of benzene rings is 2. The molecule has 3 aromatic rings. The highest BCUT2D eigenvalue weighted by Gasteiger charge is 2.27. The second-order valence-electron chi connectivity index (χ2n) is 7.23. The van der Waals surface area contributed by atoms with Gasteiger partial charge in [-0.3, -0.25) is 9.78 Å². The maximum absolute atomic E-state index is 12.2. The minimum absolute atomic E-state index is 0.0528. The number of hydrogen-bond donors (Lipinski definition) is 1. The Hall–Kier alpha value is -3.03. The Labute approximate surface area is 195 Å². The molecule has 0 fully saturated rings. The van der Waals surface area contributed by atoms with Crippen molar-refractivity contribution in [2.24, 2.45) is 0 Å². The van der Waals surface area contributed by atoms with Gasteiger partial charge in [-0.2, -0.15) is 0 Å². The van der Waals surface area contributed by atoms with E-state index in [-0.39, 0.29) is 18.0 Å². The largest absolute Gasteiger partial charge is 0.487 e. The number of carbonyl (C=O) groups is 2. The molecule has 0 saturated carbocycles. The maximum atomic E-state index is 12.2. The van der Waals surface area contributed by atoms with E-state index in [1.807, 2.05) is 36.4 Å². The van der Waals surface area contributed by atoms with E-state index in [1.165, 1.54) is 18.9 Å². The second-order valence-corrected chi connectivity index (χ2v) is 8.72. The van der Waals surface area contributed by atoms with Gasteiger partial charge in [-0.05, 0) is 42.0 Å². The quantitative estimate of drug-likeness (QED) is 0.409. The summed E-state index contributed by atoms with van der Waals surface area (Å²) in [6.07, 6.45) is 3.89. The Morgan fingerprint density at radius 1 is 1.19 bits per heavy atom. The first-order valence-corrected chi connectivity index (χ1v) is 11.4. The fourth-order valence-electron chi connectivity index (χ4n) is 3.49. The molecule has 1 N–H and O–H groups in total. The van der Waals surface area contributed by atoms with Gasteiger partial charge in [-0.15, -0.1) is 11.8 Å². The van der Waals surface area contributed by atoms with Gasteiger partial charge in [0, 0.05) is 39.9 Å². The number of esters is 1. The van der Waals surface area contributed by atoms with Gasteiger partial charge in [0.15, 0.2) is 0 Å². The van der Waals surface area contributed by atoms with Gasteiger partial charge in [0.1, 0.15) is 11.9 Å². The number of rotatable bonds is 7. The van der Waals surface area contributed by atoms with E-state index < -0.39 is 0 Å². The van der Waals surface area contributed by atoms with Crippen LogP contribution in [0.4, 0.5) is 0 Å². The Morgan fingerprint density at radius 3 is 2.66 bits per heavy atom. The zero-order valence-electron chi connectivity index (χ0n) is 17.3. The van der Waals surface area contributed by atoms with Gasteiger partial charge < -0.3 is 14.8 Å². The summed E-state index contributed by atoms with van der Waals surface area (Å²) in [4.78, 5) is 28.9. The average molecular weight is 469 g/mol. The lowest BCUT2D eigenvalue weighted by atomic mass is 9.99. The molecule has 0 bridgehead atoms. The van der Waals surface area contributed by atoms with Crippen molar-refractivity contribution >= 4 is 35.2 Å². The lowest BCUT2D eigenvalue weighted by Crippen LogP contribution is -2.35. The van der Waals surface area contributed by atoms with Crippen LogP contribution >= 0.6 is 23.4 Å². The smallest absolute Gasteiger partial charge is 0.337 e. The summed E-state index contributed by atoms with van der Waals surface area (Å²) in [5.74, 6) is 0.642. The lowest BCUT2D eigenvalue weighted by molar-refractivity contribution is -0.118. The molecule has 1 amide bonds. The molecule has 1 atom stereocenters. The molecule has 6 nitrogen and oxygen atoms in total. The highest BCUT2D eigenvalue weighted by atomic mass is 35.5. The number of ether oxygens (including phenoxy) is 2. The molecule has 4 rings (SSSR count). The van der Waals surface area contributed by atoms with Crippen LogP contribution in [0.25, 0.3) is 11.1 Å². The summed E-state index contributed by atoms with van der Waals surface area (Å²) < 4.78 is 10.9. The highest BCUT2D eigenvalue weighted by Crippen LogP contribution is 2.41. The fraction of sp³-hybridized carbons (Fsp3) is 0.208. The number of methoxy groups -OCH3 is 1. The number of thioether (sulfide) groups is 1. The summed E-state index contributed by atoms with van der Waals surface area (Å²) >= 11 is 7.81. The minimum atomic E-state index is -0.387. The molecule has 164 valence electrons. The topological polar surface area (TPSA) is 77.5 Å². The number of halogens is 1. The van der Waals surface area contributed by atoms with Gasteiger partial charge in [-0.1, -0.05) is 23.7 Å². The molecule has 2 heterocycles. The molecule has 0 unspecified atom stereocenters. The predicted octanol–water partition coefficient (Wildman–Crippen LogP) is 4.40. The number of pyridine rings is 1. The zero-order valence-corrected chi connectivity index (χ0v) is 18.9. The summed E-state index contributed by atoms with van der Waals surface area (Å²) in [6, 6.07) is 14.6. The Balaban J connectivity index is 1.40. The van der Waals surface area contributed by atoms with E-state index in [1.54, 1.807) is 24.5 Å². The van der Waals surface area contributed by atoms with Gasteiger partial charge in [-0.25, -0.2) is 4.79 Å². The van der Waals surface area contributed by atoms with Crippen molar-refractivity contribution in [2.45, 2.75) is 17.4 Å². The molecular formula is C24H21ClN2O4S. The van der Waals surface area contributed by atoms with Crippen LogP contribution in [0.1, 0.15) is 15.9 Å². The van der Waals surface area contributed by atoms with Crippen LogP contribution in [0.5, 0.6) is 5.75 Å². The molecular weight excluding hydrogens is 448 g/mol. The van der Waals surface area contributed by atoms with Gasteiger partial charge >= 0.3 is 5.97 Å². The first kappa shape index (κ1) is 22.2. The molecule has 2 aromatic carbocycles. The number of carbonyl (C=O) groups excluding carboxylic acids is 2. The maximum Gasteiger partial charge on any atom is 0.337 e. The third kappa shape index (κ3) is 5.23. The van der Waals surface area contributed by atoms with Gasteiger partial charge in [0.05, 0.1) is 25.0 Å². The molecule has 8 heteroatoms. The van der Waals surface area contributed by atoms with Gasteiger partial charge in [0.2, 0.25) is 5.91 Å². The number of hydrogen-bond acceptors (Lipinski definition) is 6. The van der Waals surface area contributed by atoms with Crippen LogP contribution < -0.4 is 10.1 Å². The van der Waals surface area contributed by atoms with Gasteiger partial charge in [0.25, 0.3) is 0 Å². The molecule has 0 saturated heterocycles. The Kier molecular flexibility index (Phi) is 6.97. The fourth-order valence-corrected chi connectivity index (χ4v) is 4.44. The highest BCUT2D eigenvalue weighted by molar-refractivity contribution is 8.00. The third-order valence-corrected chi connectivity index (χ3v) is 6.26.